The number of hydrogen-bond acceptors (Lipinski definition) is 8. The van der Waals surface area contributed by atoms with Crippen LogP contribution < -0.4 is 19.8 Å². The van der Waals surface area contributed by atoms with Crippen LogP contribution in [0.2, 0.25) is 0 Å². The van der Waals surface area contributed by atoms with Gasteiger partial charge < -0.3 is 14.4 Å². The van der Waals surface area contributed by atoms with E-state index in [1.807, 2.05) is 48.5 Å². The highest BCUT2D eigenvalue weighted by molar-refractivity contribution is 5.79. The Bertz CT molecular complexity index is 1010. The molecule has 0 aliphatic heterocycles. The van der Waals surface area contributed by atoms with Crippen LogP contribution in [0.1, 0.15) is 38.1 Å². The van der Waals surface area contributed by atoms with Crippen LogP contribution >= 0.6 is 0 Å². The van der Waals surface area contributed by atoms with Crippen molar-refractivity contribution in [3.63, 3.8) is 0 Å². The Kier molecular flexibility index (Phi) is 9.45. The molecule has 1 aromatic carbocycles. The highest BCUT2D eigenvalue weighted by Crippen LogP contribution is 2.18. The van der Waals surface area contributed by atoms with E-state index in [9.17, 15) is 0 Å². The van der Waals surface area contributed by atoms with Crippen molar-refractivity contribution in [2.75, 3.05) is 37.1 Å². The normalized spacial score (nSPS) is 10.9. The van der Waals surface area contributed by atoms with Gasteiger partial charge in [0.1, 0.15) is 11.6 Å². The molecule has 0 unspecified atom stereocenters. The van der Waals surface area contributed by atoms with Crippen molar-refractivity contribution in [2.24, 2.45) is 5.10 Å². The van der Waals surface area contributed by atoms with Crippen LogP contribution in [0.25, 0.3) is 0 Å². The van der Waals surface area contributed by atoms with Crippen LogP contribution in [0.5, 0.6) is 11.8 Å². The first-order valence-electron chi connectivity index (χ1n) is 11.3. The summed E-state index contributed by atoms with van der Waals surface area (Å²) < 4.78 is 11.2. The number of rotatable bonds is 13. The predicted molar refractivity (Wildman–Crippen MR) is 132 cm³/mol. The van der Waals surface area contributed by atoms with Crippen LogP contribution in [0.15, 0.2) is 59.8 Å². The summed E-state index contributed by atoms with van der Waals surface area (Å²) in [6.45, 7) is 6.59. The molecule has 0 saturated carbocycles. The molecule has 33 heavy (non-hydrogen) atoms. The van der Waals surface area contributed by atoms with Gasteiger partial charge in [-0.2, -0.15) is 15.1 Å². The summed E-state index contributed by atoms with van der Waals surface area (Å²) in [5, 5.41) is 4.34. The van der Waals surface area contributed by atoms with E-state index < -0.39 is 0 Å². The molecule has 8 nitrogen and oxygen atoms in total. The molecule has 174 valence electrons. The first-order valence-corrected chi connectivity index (χ1v) is 11.3. The minimum Gasteiger partial charge on any atom is -0.497 e. The number of anilines is 2. The molecule has 0 fully saturated rings. The summed E-state index contributed by atoms with van der Waals surface area (Å²) in [7, 11) is 1.64. The number of benzene rings is 1. The second kappa shape index (κ2) is 13.0. The lowest BCUT2D eigenvalue weighted by atomic mass is 10.3. The molecule has 2 aromatic heterocycles. The molecule has 3 aromatic rings. The maximum Gasteiger partial charge on any atom is 0.318 e. The Balaban J connectivity index is 1.76. The highest BCUT2D eigenvalue weighted by atomic mass is 16.5. The van der Waals surface area contributed by atoms with Crippen LogP contribution in [0.3, 0.4) is 0 Å². The molecule has 0 radical (unpaired) electrons. The summed E-state index contributed by atoms with van der Waals surface area (Å²) in [5.41, 5.74) is 5.48. The van der Waals surface area contributed by atoms with Gasteiger partial charge in [-0.05, 0) is 37.1 Å². The zero-order valence-corrected chi connectivity index (χ0v) is 19.6. The van der Waals surface area contributed by atoms with Crippen LogP contribution in [-0.4, -0.2) is 48.0 Å². The molecule has 2 heterocycles. The second-order valence-electron chi connectivity index (χ2n) is 7.44. The SMILES string of the molecule is CCCN(CCC)c1cc(/C=N/Nc2cccc(OC)c2)nc(OCCc2ccccn2)n1. The third-order valence-electron chi connectivity index (χ3n) is 4.80. The topological polar surface area (TPSA) is 84.8 Å². The van der Waals surface area contributed by atoms with E-state index in [4.69, 9.17) is 9.47 Å². The van der Waals surface area contributed by atoms with Gasteiger partial charge in [0.05, 0.1) is 31.3 Å². The molecule has 0 spiro atoms. The van der Waals surface area contributed by atoms with Crippen molar-refractivity contribution in [1.29, 1.82) is 0 Å². The molecule has 0 aliphatic carbocycles. The Labute approximate surface area is 195 Å². The maximum atomic E-state index is 5.91. The molecule has 0 aliphatic rings. The lowest BCUT2D eigenvalue weighted by Crippen LogP contribution is -2.26. The van der Waals surface area contributed by atoms with Crippen molar-refractivity contribution >= 4 is 17.7 Å². The number of nitrogens with zero attached hydrogens (tertiary/aromatic N) is 5. The summed E-state index contributed by atoms with van der Waals surface area (Å²) in [4.78, 5) is 15.8. The van der Waals surface area contributed by atoms with Crippen LogP contribution in [-0.2, 0) is 6.42 Å². The van der Waals surface area contributed by atoms with Crippen LogP contribution in [0.4, 0.5) is 11.5 Å². The molecular weight excluding hydrogens is 416 g/mol. The first-order chi connectivity index (χ1) is 16.2. The van der Waals surface area contributed by atoms with Gasteiger partial charge in [-0.3, -0.25) is 10.4 Å². The first kappa shape index (κ1) is 24.0. The summed E-state index contributed by atoms with van der Waals surface area (Å²) in [6.07, 6.45) is 6.19. The maximum absolute atomic E-state index is 5.91. The predicted octanol–water partition coefficient (Wildman–Crippen LogP) is 4.57. The van der Waals surface area contributed by atoms with E-state index in [0.29, 0.717) is 24.7 Å². The van der Waals surface area contributed by atoms with Crippen molar-refractivity contribution in [1.82, 2.24) is 15.0 Å². The highest BCUT2D eigenvalue weighted by Gasteiger charge is 2.11. The fourth-order valence-corrected chi connectivity index (χ4v) is 3.26. The van der Waals surface area contributed by atoms with Crippen molar-refractivity contribution in [2.45, 2.75) is 33.1 Å². The fourth-order valence-electron chi connectivity index (χ4n) is 3.26. The summed E-state index contributed by atoms with van der Waals surface area (Å²) >= 11 is 0. The number of methoxy groups -OCH3 is 1. The lowest BCUT2D eigenvalue weighted by Gasteiger charge is -2.23. The second-order valence-corrected chi connectivity index (χ2v) is 7.44. The Hall–Kier alpha value is -3.68. The smallest absolute Gasteiger partial charge is 0.318 e. The van der Waals surface area contributed by atoms with Gasteiger partial charge in [-0.1, -0.05) is 26.0 Å². The minimum absolute atomic E-state index is 0.337. The van der Waals surface area contributed by atoms with E-state index in [-0.39, 0.29) is 0 Å². The lowest BCUT2D eigenvalue weighted by molar-refractivity contribution is 0.295. The quantitative estimate of drug-likeness (QED) is 0.303. The van der Waals surface area contributed by atoms with E-state index in [0.717, 1.165) is 48.9 Å². The number of hydrogen-bond donors (Lipinski definition) is 1. The van der Waals surface area contributed by atoms with Crippen molar-refractivity contribution in [3.05, 3.63) is 66.1 Å². The van der Waals surface area contributed by atoms with E-state index in [1.165, 1.54) is 0 Å². The fraction of sp³-hybridized carbons (Fsp3) is 0.360. The molecule has 0 atom stereocenters. The molecule has 3 rings (SSSR count). The van der Waals surface area contributed by atoms with Crippen LogP contribution in [0, 0.1) is 0 Å². The van der Waals surface area contributed by atoms with Gasteiger partial charge in [0.25, 0.3) is 0 Å². The summed E-state index contributed by atoms with van der Waals surface area (Å²) in [6, 6.07) is 15.7. The minimum atomic E-state index is 0.337. The van der Waals surface area contributed by atoms with E-state index in [2.05, 4.69) is 44.2 Å². The Morgan fingerprint density at radius 3 is 2.61 bits per heavy atom. The molecule has 8 heteroatoms. The summed E-state index contributed by atoms with van der Waals surface area (Å²) in [5.74, 6) is 1.60. The number of pyridine rings is 1. The monoisotopic (exact) mass is 448 g/mol. The Morgan fingerprint density at radius 1 is 1.03 bits per heavy atom. The van der Waals surface area contributed by atoms with E-state index in [1.54, 1.807) is 19.5 Å². The van der Waals surface area contributed by atoms with Gasteiger partial charge in [-0.15, -0.1) is 0 Å². The molecule has 0 saturated heterocycles. The van der Waals surface area contributed by atoms with Gasteiger partial charge in [0.2, 0.25) is 0 Å². The average molecular weight is 449 g/mol. The third kappa shape index (κ3) is 7.75. The number of ether oxygens (including phenoxy) is 2. The number of hydrazone groups is 1. The standard InChI is InChI=1S/C25H32N6O2/c1-4-14-31(15-5-2)24-18-22(19-27-30-21-10-8-11-23(17-21)32-3)28-25(29-24)33-16-12-20-9-6-7-13-26-20/h6-11,13,17-19,30H,4-5,12,14-16H2,1-3H3/b27-19+. The van der Waals surface area contributed by atoms with Gasteiger partial charge in [0.15, 0.2) is 0 Å². The molecular formula is C25H32N6O2. The number of aromatic nitrogens is 3. The zero-order chi connectivity index (χ0) is 23.3. The average Bonchev–Trinajstić information content (AvgIpc) is 2.85. The zero-order valence-electron chi connectivity index (χ0n) is 19.6. The molecule has 1 N–H and O–H groups in total. The van der Waals surface area contributed by atoms with Gasteiger partial charge in [0, 0.05) is 43.5 Å². The van der Waals surface area contributed by atoms with Gasteiger partial charge in [-0.25, -0.2) is 0 Å². The Morgan fingerprint density at radius 2 is 1.88 bits per heavy atom. The van der Waals surface area contributed by atoms with Crippen molar-refractivity contribution < 1.29 is 9.47 Å². The van der Waals surface area contributed by atoms with Crippen molar-refractivity contribution in [3.8, 4) is 11.8 Å². The molecule has 0 bridgehead atoms. The largest absolute Gasteiger partial charge is 0.497 e. The van der Waals surface area contributed by atoms with Gasteiger partial charge >= 0.3 is 6.01 Å². The number of nitrogens with one attached hydrogen (secondary N) is 1. The van der Waals surface area contributed by atoms with E-state index >= 15 is 0 Å². The third-order valence-corrected chi connectivity index (χ3v) is 4.80. The molecule has 0 amide bonds.